The summed E-state index contributed by atoms with van der Waals surface area (Å²) in [6.45, 7) is 1.99. The number of alkyl halides is 2. The van der Waals surface area contributed by atoms with Gasteiger partial charge in [0.2, 0.25) is 11.9 Å². The van der Waals surface area contributed by atoms with E-state index in [1.54, 1.807) is 17.2 Å². The zero-order valence-electron chi connectivity index (χ0n) is 14.5. The third-order valence-electron chi connectivity index (χ3n) is 4.21. The van der Waals surface area contributed by atoms with Gasteiger partial charge in [0.05, 0.1) is 6.54 Å². The van der Waals surface area contributed by atoms with Gasteiger partial charge < -0.3 is 15.5 Å². The zero-order chi connectivity index (χ0) is 18.5. The van der Waals surface area contributed by atoms with Crippen molar-refractivity contribution in [3.63, 3.8) is 0 Å². The fraction of sp³-hybridized carbons (Fsp3) is 0.389. The Morgan fingerprint density at radius 1 is 1.31 bits per heavy atom. The third kappa shape index (κ3) is 4.44. The second kappa shape index (κ2) is 8.07. The van der Waals surface area contributed by atoms with Gasteiger partial charge in [-0.2, -0.15) is 4.98 Å². The Morgan fingerprint density at radius 3 is 2.81 bits per heavy atom. The standard InChI is InChI=1S/C18H21F2N5O/c1-12-4-6-13(7-5-12)23-16-8-9-21-18(24-16)25-10-2-3-14(25)17(26)22-11-15(19)20/h4-9,14-15H,2-3,10-11H2,1H3,(H,22,26)(H,21,23,24). The van der Waals surface area contributed by atoms with Crippen molar-refractivity contribution in [1.29, 1.82) is 0 Å². The molecule has 0 saturated carbocycles. The third-order valence-corrected chi connectivity index (χ3v) is 4.21. The smallest absolute Gasteiger partial charge is 0.255 e. The number of benzene rings is 1. The van der Waals surface area contributed by atoms with Crippen molar-refractivity contribution < 1.29 is 13.6 Å². The van der Waals surface area contributed by atoms with E-state index in [4.69, 9.17) is 0 Å². The maximum atomic E-state index is 12.3. The molecule has 3 rings (SSSR count). The molecule has 6 nitrogen and oxygen atoms in total. The van der Waals surface area contributed by atoms with Crippen molar-refractivity contribution in [2.45, 2.75) is 32.2 Å². The molecule has 2 aromatic rings. The summed E-state index contributed by atoms with van der Waals surface area (Å²) in [5.41, 5.74) is 2.06. The van der Waals surface area contributed by atoms with Gasteiger partial charge in [0.1, 0.15) is 11.9 Å². The van der Waals surface area contributed by atoms with Crippen molar-refractivity contribution in [3.05, 3.63) is 42.1 Å². The monoisotopic (exact) mass is 361 g/mol. The first-order valence-corrected chi connectivity index (χ1v) is 8.52. The number of hydrogen-bond donors (Lipinski definition) is 2. The molecule has 2 heterocycles. The van der Waals surface area contributed by atoms with Crippen LogP contribution in [0.15, 0.2) is 36.5 Å². The number of aromatic nitrogens is 2. The van der Waals surface area contributed by atoms with Crippen LogP contribution < -0.4 is 15.5 Å². The lowest BCUT2D eigenvalue weighted by atomic mass is 10.2. The molecule has 1 unspecified atom stereocenters. The number of carbonyl (C=O) groups excluding carboxylic acids is 1. The van der Waals surface area contributed by atoms with Crippen molar-refractivity contribution >= 4 is 23.4 Å². The van der Waals surface area contributed by atoms with Crippen LogP contribution in [0, 0.1) is 6.92 Å². The summed E-state index contributed by atoms with van der Waals surface area (Å²) in [5, 5.41) is 5.48. The molecule has 2 N–H and O–H groups in total. The van der Waals surface area contributed by atoms with E-state index in [9.17, 15) is 13.6 Å². The molecule has 0 spiro atoms. The second-order valence-electron chi connectivity index (χ2n) is 6.22. The van der Waals surface area contributed by atoms with Gasteiger partial charge in [-0.1, -0.05) is 17.7 Å². The van der Waals surface area contributed by atoms with Gasteiger partial charge in [-0.25, -0.2) is 13.8 Å². The zero-order valence-corrected chi connectivity index (χ0v) is 14.5. The molecular weight excluding hydrogens is 340 g/mol. The number of rotatable bonds is 6. The van der Waals surface area contributed by atoms with Crippen molar-refractivity contribution in [1.82, 2.24) is 15.3 Å². The average Bonchev–Trinajstić information content (AvgIpc) is 3.12. The second-order valence-corrected chi connectivity index (χ2v) is 6.22. The van der Waals surface area contributed by atoms with Gasteiger partial charge in [-0.05, 0) is 38.0 Å². The predicted molar refractivity (Wildman–Crippen MR) is 95.9 cm³/mol. The molecule has 1 amide bonds. The first-order valence-electron chi connectivity index (χ1n) is 8.52. The fourth-order valence-corrected chi connectivity index (χ4v) is 2.92. The van der Waals surface area contributed by atoms with Crippen molar-refractivity contribution in [2.75, 3.05) is 23.3 Å². The molecule has 0 bridgehead atoms. The molecule has 26 heavy (non-hydrogen) atoms. The minimum Gasteiger partial charge on any atom is -0.349 e. The van der Waals surface area contributed by atoms with Crippen LogP contribution in [0.1, 0.15) is 18.4 Å². The Kier molecular flexibility index (Phi) is 5.60. The van der Waals surface area contributed by atoms with Gasteiger partial charge in [-0.3, -0.25) is 4.79 Å². The van der Waals surface area contributed by atoms with E-state index in [-0.39, 0.29) is 0 Å². The highest BCUT2D eigenvalue weighted by atomic mass is 19.3. The number of aryl methyl sites for hydroxylation is 1. The first kappa shape index (κ1) is 18.0. The molecule has 1 aliphatic rings. The van der Waals surface area contributed by atoms with Crippen LogP contribution in [0.3, 0.4) is 0 Å². The minimum atomic E-state index is -2.56. The van der Waals surface area contributed by atoms with E-state index >= 15 is 0 Å². The number of anilines is 3. The van der Waals surface area contributed by atoms with Gasteiger partial charge in [0.25, 0.3) is 6.43 Å². The molecule has 138 valence electrons. The van der Waals surface area contributed by atoms with Crippen molar-refractivity contribution in [3.8, 4) is 0 Å². The lowest BCUT2D eigenvalue weighted by Gasteiger charge is -2.24. The highest BCUT2D eigenvalue weighted by Gasteiger charge is 2.32. The number of nitrogens with one attached hydrogen (secondary N) is 2. The summed E-state index contributed by atoms with van der Waals surface area (Å²) in [7, 11) is 0. The number of halogens is 2. The number of amides is 1. The van der Waals surface area contributed by atoms with E-state index in [1.165, 1.54) is 0 Å². The average molecular weight is 361 g/mol. The Labute approximate surface area is 150 Å². The number of nitrogens with zero attached hydrogens (tertiary/aromatic N) is 3. The molecule has 1 atom stereocenters. The SMILES string of the molecule is Cc1ccc(Nc2ccnc(N3CCCC3C(=O)NCC(F)F)n2)cc1. The Morgan fingerprint density at radius 2 is 2.08 bits per heavy atom. The highest BCUT2D eigenvalue weighted by molar-refractivity contribution is 5.85. The van der Waals surface area contributed by atoms with Crippen LogP contribution in [0.4, 0.5) is 26.2 Å². The van der Waals surface area contributed by atoms with Gasteiger partial charge in [0.15, 0.2) is 0 Å². The minimum absolute atomic E-state index is 0.414. The molecule has 1 saturated heterocycles. The van der Waals surface area contributed by atoms with E-state index < -0.39 is 24.9 Å². The highest BCUT2D eigenvalue weighted by Crippen LogP contribution is 2.24. The van der Waals surface area contributed by atoms with Crippen LogP contribution in [0.2, 0.25) is 0 Å². The lowest BCUT2D eigenvalue weighted by Crippen LogP contribution is -2.45. The molecular formula is C18H21F2N5O. The van der Waals surface area contributed by atoms with Crippen LogP contribution in [0.5, 0.6) is 0 Å². The maximum absolute atomic E-state index is 12.3. The number of hydrogen-bond acceptors (Lipinski definition) is 5. The summed E-state index contributed by atoms with van der Waals surface area (Å²) in [6.07, 6.45) is 0.428. The fourth-order valence-electron chi connectivity index (χ4n) is 2.92. The quantitative estimate of drug-likeness (QED) is 0.828. The van der Waals surface area contributed by atoms with Crippen molar-refractivity contribution in [2.24, 2.45) is 0 Å². The van der Waals surface area contributed by atoms with Crippen LogP contribution >= 0.6 is 0 Å². The van der Waals surface area contributed by atoms with Crippen LogP contribution in [-0.4, -0.2) is 41.4 Å². The summed E-state index contributed by atoms with van der Waals surface area (Å²) >= 11 is 0. The molecule has 8 heteroatoms. The molecule has 1 aromatic carbocycles. The summed E-state index contributed by atoms with van der Waals surface area (Å²) in [6, 6.07) is 9.11. The summed E-state index contributed by atoms with van der Waals surface area (Å²) in [5.74, 6) is 0.609. The largest absolute Gasteiger partial charge is 0.349 e. The molecule has 1 fully saturated rings. The normalized spacial score (nSPS) is 16.8. The maximum Gasteiger partial charge on any atom is 0.255 e. The van der Waals surface area contributed by atoms with E-state index in [1.807, 2.05) is 31.2 Å². The lowest BCUT2D eigenvalue weighted by molar-refractivity contribution is -0.122. The Balaban J connectivity index is 1.72. The first-order chi connectivity index (χ1) is 12.5. The molecule has 1 aliphatic heterocycles. The van der Waals surface area contributed by atoms with Gasteiger partial charge in [-0.15, -0.1) is 0 Å². The van der Waals surface area contributed by atoms with E-state index in [0.717, 1.165) is 17.7 Å². The molecule has 0 radical (unpaired) electrons. The van der Waals surface area contributed by atoms with Crippen LogP contribution in [0.25, 0.3) is 0 Å². The molecule has 1 aromatic heterocycles. The Hall–Kier alpha value is -2.77. The number of carbonyl (C=O) groups is 1. The van der Waals surface area contributed by atoms with Crippen LogP contribution in [-0.2, 0) is 4.79 Å². The predicted octanol–water partition coefficient (Wildman–Crippen LogP) is 2.88. The van der Waals surface area contributed by atoms with E-state index in [2.05, 4.69) is 20.6 Å². The van der Waals surface area contributed by atoms with E-state index in [0.29, 0.717) is 24.7 Å². The summed E-state index contributed by atoms with van der Waals surface area (Å²) < 4.78 is 24.7. The Bertz CT molecular complexity index is 754. The van der Waals surface area contributed by atoms with Gasteiger partial charge in [0, 0.05) is 18.4 Å². The summed E-state index contributed by atoms with van der Waals surface area (Å²) in [4.78, 5) is 22.7. The topological polar surface area (TPSA) is 70.2 Å². The molecule has 0 aliphatic carbocycles. The van der Waals surface area contributed by atoms with Gasteiger partial charge >= 0.3 is 0 Å².